The van der Waals surface area contributed by atoms with Crippen molar-refractivity contribution in [3.63, 3.8) is 0 Å². The van der Waals surface area contributed by atoms with Crippen molar-refractivity contribution < 1.29 is 24.2 Å². The second-order valence-electron chi connectivity index (χ2n) is 9.80. The van der Waals surface area contributed by atoms with Crippen LogP contribution in [0.1, 0.15) is 62.5 Å². The van der Waals surface area contributed by atoms with Gasteiger partial charge in [-0.2, -0.15) is 0 Å². The van der Waals surface area contributed by atoms with Crippen molar-refractivity contribution in [1.29, 1.82) is 0 Å². The van der Waals surface area contributed by atoms with Gasteiger partial charge in [0.1, 0.15) is 12.0 Å². The number of fused-ring (bicyclic) bond motifs is 1. The molecule has 0 radical (unpaired) electrons. The Hall–Kier alpha value is -2.97. The summed E-state index contributed by atoms with van der Waals surface area (Å²) in [7, 11) is 1.63. The Balaban J connectivity index is 1.33. The molecule has 2 aromatic heterocycles. The molecular formula is C28H37N3O5. The van der Waals surface area contributed by atoms with Gasteiger partial charge in [-0.3, -0.25) is 9.78 Å². The van der Waals surface area contributed by atoms with Crippen LogP contribution < -0.4 is 4.74 Å². The van der Waals surface area contributed by atoms with E-state index in [9.17, 15) is 15.0 Å². The SMILES string of the molecule is COc1ccc2nccc([C@@H](O)CCC3CCN(CCCCc4ncco4)CC3CCC(=O)O)c2c1. The molecule has 2 N–H and O–H groups in total. The maximum atomic E-state index is 11.3. The Morgan fingerprint density at radius 3 is 2.86 bits per heavy atom. The van der Waals surface area contributed by atoms with E-state index in [1.54, 1.807) is 25.8 Å². The van der Waals surface area contributed by atoms with Crippen molar-refractivity contribution in [1.82, 2.24) is 14.9 Å². The van der Waals surface area contributed by atoms with Crippen LogP contribution in [0.3, 0.4) is 0 Å². The molecule has 3 atom stereocenters. The number of aliphatic carboxylic acids is 1. The van der Waals surface area contributed by atoms with E-state index in [-0.39, 0.29) is 6.42 Å². The summed E-state index contributed by atoms with van der Waals surface area (Å²) in [5.41, 5.74) is 1.70. The number of hydrogen-bond acceptors (Lipinski definition) is 7. The molecule has 0 spiro atoms. The number of aliphatic hydroxyl groups is 1. The third kappa shape index (κ3) is 7.04. The van der Waals surface area contributed by atoms with Crippen LogP contribution in [0.25, 0.3) is 10.9 Å². The largest absolute Gasteiger partial charge is 0.497 e. The Morgan fingerprint density at radius 2 is 2.08 bits per heavy atom. The maximum Gasteiger partial charge on any atom is 0.303 e. The van der Waals surface area contributed by atoms with Crippen LogP contribution in [0.2, 0.25) is 0 Å². The summed E-state index contributed by atoms with van der Waals surface area (Å²) < 4.78 is 10.7. The molecule has 3 heterocycles. The van der Waals surface area contributed by atoms with Crippen molar-refractivity contribution >= 4 is 16.9 Å². The van der Waals surface area contributed by atoms with Crippen molar-refractivity contribution in [3.8, 4) is 5.75 Å². The highest BCUT2D eigenvalue weighted by Gasteiger charge is 2.30. The molecule has 1 saturated heterocycles. The fraction of sp³-hybridized carbons (Fsp3) is 0.536. The van der Waals surface area contributed by atoms with Gasteiger partial charge in [-0.25, -0.2) is 4.98 Å². The standard InChI is InChI=1S/C28H37N3O5/c1-35-22-7-8-25-24(18-22)23(11-13-29-25)26(32)9-5-20-12-16-31(19-21(20)6-10-28(33)34)15-3-2-4-27-30-14-17-36-27/h7-8,11,13-14,17-18,20-21,26,32H,2-6,9-10,12,15-16,19H2,1H3,(H,33,34)/t20?,21?,26-/m0/s1. The van der Waals surface area contributed by atoms with Crippen LogP contribution in [0, 0.1) is 11.8 Å². The highest BCUT2D eigenvalue weighted by atomic mass is 16.5. The number of aryl methyl sites for hydroxylation is 1. The molecule has 3 aromatic rings. The second kappa shape index (κ2) is 12.8. The molecule has 0 bridgehead atoms. The second-order valence-corrected chi connectivity index (χ2v) is 9.80. The van der Waals surface area contributed by atoms with Crippen LogP contribution >= 0.6 is 0 Å². The average molecular weight is 496 g/mol. The molecule has 0 amide bonds. The molecule has 1 fully saturated rings. The van der Waals surface area contributed by atoms with Gasteiger partial charge in [-0.05, 0) is 93.3 Å². The summed E-state index contributed by atoms with van der Waals surface area (Å²) >= 11 is 0. The molecule has 1 aliphatic heterocycles. The van der Waals surface area contributed by atoms with Crippen LogP contribution in [0.4, 0.5) is 0 Å². The number of aromatic nitrogens is 2. The number of ether oxygens (including phenoxy) is 1. The lowest BCUT2D eigenvalue weighted by Gasteiger charge is -2.39. The Kier molecular flexibility index (Phi) is 9.30. The summed E-state index contributed by atoms with van der Waals surface area (Å²) in [6.45, 7) is 2.94. The number of carboxylic acid groups (broad SMARTS) is 1. The minimum absolute atomic E-state index is 0.191. The monoisotopic (exact) mass is 495 g/mol. The lowest BCUT2D eigenvalue weighted by atomic mass is 9.79. The molecule has 1 aliphatic rings. The minimum Gasteiger partial charge on any atom is -0.497 e. The number of methoxy groups -OCH3 is 1. The first kappa shape index (κ1) is 26.1. The fourth-order valence-electron chi connectivity index (χ4n) is 5.45. The average Bonchev–Trinajstić information content (AvgIpc) is 3.42. The summed E-state index contributed by atoms with van der Waals surface area (Å²) in [4.78, 5) is 22.4. The normalized spacial score (nSPS) is 19.4. The number of rotatable bonds is 13. The third-order valence-corrected chi connectivity index (χ3v) is 7.46. The van der Waals surface area contributed by atoms with E-state index < -0.39 is 12.1 Å². The Morgan fingerprint density at radius 1 is 1.19 bits per heavy atom. The van der Waals surface area contributed by atoms with E-state index in [1.807, 2.05) is 24.3 Å². The third-order valence-electron chi connectivity index (χ3n) is 7.46. The van der Waals surface area contributed by atoms with Crippen molar-refractivity contribution in [2.75, 3.05) is 26.7 Å². The highest BCUT2D eigenvalue weighted by molar-refractivity contribution is 5.83. The van der Waals surface area contributed by atoms with Gasteiger partial charge in [0.15, 0.2) is 5.89 Å². The van der Waals surface area contributed by atoms with Crippen molar-refractivity contribution in [2.24, 2.45) is 11.8 Å². The molecule has 2 unspecified atom stereocenters. The van der Waals surface area contributed by atoms with Gasteiger partial charge in [0, 0.05) is 31.0 Å². The number of aliphatic hydroxyl groups excluding tert-OH is 1. The lowest BCUT2D eigenvalue weighted by Crippen LogP contribution is -2.41. The van der Waals surface area contributed by atoms with Gasteiger partial charge in [0.2, 0.25) is 0 Å². The van der Waals surface area contributed by atoms with Crippen LogP contribution in [0.15, 0.2) is 47.3 Å². The van der Waals surface area contributed by atoms with Crippen LogP contribution in [-0.4, -0.2) is 57.8 Å². The first-order chi connectivity index (χ1) is 17.5. The number of nitrogens with zero attached hydrogens (tertiary/aromatic N) is 3. The van der Waals surface area contributed by atoms with E-state index in [4.69, 9.17) is 9.15 Å². The van der Waals surface area contributed by atoms with Gasteiger partial charge in [0.05, 0.1) is 24.9 Å². The zero-order valence-electron chi connectivity index (χ0n) is 21.0. The van der Waals surface area contributed by atoms with Gasteiger partial charge in [-0.15, -0.1) is 0 Å². The van der Waals surface area contributed by atoms with Gasteiger partial charge >= 0.3 is 5.97 Å². The number of benzene rings is 1. The maximum absolute atomic E-state index is 11.3. The predicted molar refractivity (Wildman–Crippen MR) is 137 cm³/mol. The van der Waals surface area contributed by atoms with E-state index in [1.165, 1.54) is 0 Å². The number of piperidine rings is 1. The number of unbranched alkanes of at least 4 members (excludes halogenated alkanes) is 1. The van der Waals surface area contributed by atoms with E-state index in [0.29, 0.717) is 24.7 Å². The molecule has 8 heteroatoms. The smallest absolute Gasteiger partial charge is 0.303 e. The number of pyridine rings is 1. The van der Waals surface area contributed by atoms with Crippen molar-refractivity contribution in [2.45, 2.75) is 57.5 Å². The molecular weight excluding hydrogens is 458 g/mol. The molecule has 1 aromatic carbocycles. The quantitative estimate of drug-likeness (QED) is 0.323. The van der Waals surface area contributed by atoms with E-state index in [2.05, 4.69) is 14.9 Å². The first-order valence-corrected chi connectivity index (χ1v) is 13.0. The molecule has 36 heavy (non-hydrogen) atoms. The molecule has 0 aliphatic carbocycles. The Labute approximate surface area is 212 Å². The predicted octanol–water partition coefficient (Wildman–Crippen LogP) is 4.87. The molecule has 0 saturated carbocycles. The number of hydrogen-bond donors (Lipinski definition) is 2. The number of likely N-dealkylation sites (tertiary alicyclic amines) is 1. The summed E-state index contributed by atoms with van der Waals surface area (Å²) in [6.07, 6.45) is 10.8. The number of oxazole rings is 1. The minimum atomic E-state index is -0.742. The lowest BCUT2D eigenvalue weighted by molar-refractivity contribution is -0.137. The summed E-state index contributed by atoms with van der Waals surface area (Å²) in [5.74, 6) is 1.51. The molecule has 8 nitrogen and oxygen atoms in total. The first-order valence-electron chi connectivity index (χ1n) is 13.0. The summed E-state index contributed by atoms with van der Waals surface area (Å²) in [5, 5.41) is 21.3. The Bertz CT molecular complexity index is 1100. The zero-order valence-corrected chi connectivity index (χ0v) is 21.0. The molecule has 194 valence electrons. The zero-order chi connectivity index (χ0) is 25.3. The topological polar surface area (TPSA) is 109 Å². The van der Waals surface area contributed by atoms with Crippen LogP contribution in [-0.2, 0) is 11.2 Å². The van der Waals surface area contributed by atoms with Gasteiger partial charge in [-0.1, -0.05) is 0 Å². The van der Waals surface area contributed by atoms with Crippen LogP contribution in [0.5, 0.6) is 5.75 Å². The van der Waals surface area contributed by atoms with Gasteiger partial charge < -0.3 is 24.3 Å². The van der Waals surface area contributed by atoms with Crippen molar-refractivity contribution in [3.05, 3.63) is 54.4 Å². The summed E-state index contributed by atoms with van der Waals surface area (Å²) in [6, 6.07) is 7.60. The van der Waals surface area contributed by atoms with Gasteiger partial charge in [0.25, 0.3) is 0 Å². The molecule has 4 rings (SSSR count). The number of carboxylic acids is 1. The van der Waals surface area contributed by atoms with E-state index >= 15 is 0 Å². The van der Waals surface area contributed by atoms with E-state index in [0.717, 1.165) is 79.8 Å². The highest BCUT2D eigenvalue weighted by Crippen LogP contribution is 2.35. The fourth-order valence-corrected chi connectivity index (χ4v) is 5.45. The number of carbonyl (C=O) groups is 1.